The Labute approximate surface area is 76.0 Å². The molecule has 64 valence electrons. The maximum absolute atomic E-state index is 12.4. The number of benzene rings is 1. The average Bonchev–Trinajstić information content (AvgIpc) is 2.06. The van der Waals surface area contributed by atoms with Crippen molar-refractivity contribution in [1.29, 1.82) is 0 Å². The smallest absolute Gasteiger partial charge is 0.207 e. The molecule has 0 spiro atoms. The van der Waals surface area contributed by atoms with Crippen molar-refractivity contribution in [1.82, 2.24) is 0 Å². The van der Waals surface area contributed by atoms with Crippen molar-refractivity contribution in [2.45, 2.75) is 0 Å². The average molecular weight is 205 g/mol. The fourth-order valence-electron chi connectivity index (χ4n) is 0.690. The SMILES string of the molecule is O=[P+](OCS)c1ccc(F)cc1. The Kier molecular flexibility index (Phi) is 3.66. The van der Waals surface area contributed by atoms with E-state index < -0.39 is 8.03 Å². The van der Waals surface area contributed by atoms with Crippen LogP contribution in [0.4, 0.5) is 4.39 Å². The molecular weight excluding hydrogens is 198 g/mol. The number of thiol groups is 1. The van der Waals surface area contributed by atoms with E-state index in [1.807, 2.05) is 0 Å². The number of hydrogen-bond donors (Lipinski definition) is 1. The summed E-state index contributed by atoms with van der Waals surface area (Å²) in [4.78, 5) is 0. The predicted octanol–water partition coefficient (Wildman–Crippen LogP) is 2.10. The molecule has 0 saturated heterocycles. The molecule has 0 radical (unpaired) electrons. The van der Waals surface area contributed by atoms with Crippen molar-refractivity contribution < 1.29 is 13.5 Å². The molecule has 0 heterocycles. The topological polar surface area (TPSA) is 26.3 Å². The molecular formula is C7H7FO2PS+. The molecule has 0 saturated carbocycles. The maximum atomic E-state index is 12.4. The molecule has 0 bridgehead atoms. The third-order valence-corrected chi connectivity index (χ3v) is 2.63. The third kappa shape index (κ3) is 2.55. The Morgan fingerprint density at radius 1 is 1.42 bits per heavy atom. The van der Waals surface area contributed by atoms with Crippen LogP contribution in [-0.2, 0) is 9.09 Å². The standard InChI is InChI=1S/C7H6FO2PS/c8-6-1-3-7(4-2-6)11(9)10-5-12/h1-4H,5H2/p+1. The molecule has 0 aliphatic carbocycles. The molecule has 0 amide bonds. The largest absolute Gasteiger partial charge is 0.549 e. The Balaban J connectivity index is 2.75. The van der Waals surface area contributed by atoms with Crippen LogP contribution in [-0.4, -0.2) is 5.94 Å². The highest BCUT2D eigenvalue weighted by Crippen LogP contribution is 2.21. The zero-order valence-electron chi connectivity index (χ0n) is 6.11. The lowest BCUT2D eigenvalue weighted by atomic mass is 10.4. The molecule has 1 rings (SSSR count). The van der Waals surface area contributed by atoms with Crippen LogP contribution in [0.1, 0.15) is 0 Å². The zero-order valence-corrected chi connectivity index (χ0v) is 7.89. The molecule has 1 unspecified atom stereocenters. The van der Waals surface area contributed by atoms with Gasteiger partial charge in [0.1, 0.15) is 11.8 Å². The minimum Gasteiger partial charge on any atom is -0.207 e. The summed E-state index contributed by atoms with van der Waals surface area (Å²) in [5.41, 5.74) is 0. The molecule has 5 heteroatoms. The van der Waals surface area contributed by atoms with Crippen LogP contribution in [0.5, 0.6) is 0 Å². The molecule has 0 aromatic heterocycles. The van der Waals surface area contributed by atoms with E-state index >= 15 is 0 Å². The first-order valence-corrected chi connectivity index (χ1v) is 5.01. The number of rotatable bonds is 3. The van der Waals surface area contributed by atoms with E-state index in [1.54, 1.807) is 0 Å². The highest BCUT2D eigenvalue weighted by atomic mass is 32.1. The fraction of sp³-hybridized carbons (Fsp3) is 0.143. The summed E-state index contributed by atoms with van der Waals surface area (Å²) >= 11 is 3.75. The summed E-state index contributed by atoms with van der Waals surface area (Å²) in [6.07, 6.45) is 0. The highest BCUT2D eigenvalue weighted by Gasteiger charge is 2.20. The van der Waals surface area contributed by atoms with Crippen molar-refractivity contribution in [3.05, 3.63) is 30.1 Å². The van der Waals surface area contributed by atoms with Crippen LogP contribution in [0, 0.1) is 5.82 Å². The lowest BCUT2D eigenvalue weighted by Crippen LogP contribution is -1.97. The van der Waals surface area contributed by atoms with Crippen molar-refractivity contribution in [3.8, 4) is 0 Å². The van der Waals surface area contributed by atoms with Gasteiger partial charge in [-0.05, 0) is 28.8 Å². The first-order chi connectivity index (χ1) is 5.74. The van der Waals surface area contributed by atoms with Crippen LogP contribution < -0.4 is 5.30 Å². The third-order valence-electron chi connectivity index (χ3n) is 1.21. The molecule has 1 aromatic carbocycles. The predicted molar refractivity (Wildman–Crippen MR) is 48.6 cm³/mol. The lowest BCUT2D eigenvalue weighted by Gasteiger charge is -1.86. The van der Waals surface area contributed by atoms with Gasteiger partial charge in [0.05, 0.1) is 0 Å². The van der Waals surface area contributed by atoms with Gasteiger partial charge < -0.3 is 0 Å². The van der Waals surface area contributed by atoms with E-state index in [9.17, 15) is 8.96 Å². The van der Waals surface area contributed by atoms with Crippen LogP contribution in [0.15, 0.2) is 24.3 Å². The van der Waals surface area contributed by atoms with E-state index in [0.29, 0.717) is 5.30 Å². The minimum absolute atomic E-state index is 0.0899. The van der Waals surface area contributed by atoms with Crippen molar-refractivity contribution in [3.63, 3.8) is 0 Å². The normalized spacial score (nSPS) is 11.3. The molecule has 0 aliphatic rings. The fourth-order valence-corrected chi connectivity index (χ4v) is 1.65. The van der Waals surface area contributed by atoms with Crippen molar-refractivity contribution in [2.75, 3.05) is 5.94 Å². The first-order valence-electron chi connectivity index (χ1n) is 3.20. The first kappa shape index (κ1) is 9.65. The van der Waals surface area contributed by atoms with Crippen LogP contribution in [0.3, 0.4) is 0 Å². The Hall–Kier alpha value is -0.440. The van der Waals surface area contributed by atoms with Gasteiger partial charge in [-0.2, -0.15) is 0 Å². The van der Waals surface area contributed by atoms with E-state index in [-0.39, 0.29) is 11.8 Å². The second-order valence-electron chi connectivity index (χ2n) is 1.99. The zero-order chi connectivity index (χ0) is 8.97. The van der Waals surface area contributed by atoms with Gasteiger partial charge >= 0.3 is 8.03 Å². The summed E-state index contributed by atoms with van der Waals surface area (Å²) in [6.45, 7) is 0. The molecule has 0 aliphatic heterocycles. The van der Waals surface area contributed by atoms with E-state index in [0.717, 1.165) is 0 Å². The summed E-state index contributed by atoms with van der Waals surface area (Å²) in [6, 6.07) is 5.34. The van der Waals surface area contributed by atoms with Gasteiger partial charge in [0.2, 0.25) is 5.30 Å². The summed E-state index contributed by atoms with van der Waals surface area (Å²) in [5.74, 6) is -0.264. The quantitative estimate of drug-likeness (QED) is 0.464. The van der Waals surface area contributed by atoms with Crippen LogP contribution in [0.25, 0.3) is 0 Å². The van der Waals surface area contributed by atoms with Crippen molar-refractivity contribution >= 4 is 26.0 Å². The van der Waals surface area contributed by atoms with Gasteiger partial charge in [-0.25, -0.2) is 4.39 Å². The summed E-state index contributed by atoms with van der Waals surface area (Å²) in [5, 5.41) is 0.473. The van der Waals surface area contributed by atoms with Gasteiger partial charge in [-0.3, -0.25) is 0 Å². The molecule has 1 atom stereocenters. The molecule has 0 fully saturated rings. The number of hydrogen-bond acceptors (Lipinski definition) is 3. The molecule has 2 nitrogen and oxygen atoms in total. The van der Waals surface area contributed by atoms with Gasteiger partial charge in [-0.1, -0.05) is 0 Å². The Morgan fingerprint density at radius 3 is 2.50 bits per heavy atom. The number of halogens is 1. The Morgan fingerprint density at radius 2 is 2.00 bits per heavy atom. The van der Waals surface area contributed by atoms with E-state index in [4.69, 9.17) is 4.52 Å². The molecule has 12 heavy (non-hydrogen) atoms. The maximum Gasteiger partial charge on any atom is 0.549 e. The van der Waals surface area contributed by atoms with Crippen molar-refractivity contribution in [2.24, 2.45) is 0 Å². The highest BCUT2D eigenvalue weighted by molar-refractivity contribution is 7.80. The molecule has 1 aromatic rings. The summed E-state index contributed by atoms with van der Waals surface area (Å²) in [7, 11) is -1.88. The van der Waals surface area contributed by atoms with Gasteiger partial charge in [0.25, 0.3) is 0 Å². The van der Waals surface area contributed by atoms with Gasteiger partial charge in [0, 0.05) is 0 Å². The van der Waals surface area contributed by atoms with Gasteiger partial charge in [0.15, 0.2) is 0 Å². The Bertz CT molecular complexity index is 275. The molecule has 0 N–H and O–H groups in total. The van der Waals surface area contributed by atoms with E-state index in [1.165, 1.54) is 24.3 Å². The lowest BCUT2D eigenvalue weighted by molar-refractivity contribution is 0.406. The second-order valence-corrected chi connectivity index (χ2v) is 3.54. The van der Waals surface area contributed by atoms with Crippen LogP contribution >= 0.6 is 20.7 Å². The minimum atomic E-state index is -1.88. The summed E-state index contributed by atoms with van der Waals surface area (Å²) < 4.78 is 28.2. The van der Waals surface area contributed by atoms with Gasteiger partial charge in [-0.15, -0.1) is 17.2 Å². The monoisotopic (exact) mass is 205 g/mol. The van der Waals surface area contributed by atoms with E-state index in [2.05, 4.69) is 12.6 Å². The second kappa shape index (κ2) is 4.55. The van der Waals surface area contributed by atoms with Crippen LogP contribution in [0.2, 0.25) is 0 Å².